The van der Waals surface area contributed by atoms with Gasteiger partial charge in [-0.15, -0.1) is 0 Å². The molecule has 0 rings (SSSR count). The van der Waals surface area contributed by atoms with Crippen molar-refractivity contribution in [2.45, 2.75) is 13.8 Å². The maximum absolute atomic E-state index is 8.06. The van der Waals surface area contributed by atoms with E-state index >= 15 is 0 Å². The second-order valence-electron chi connectivity index (χ2n) is 2.12. The molecule has 0 radical (unpaired) electrons. The van der Waals surface area contributed by atoms with Crippen LogP contribution in [0.3, 0.4) is 0 Å². The Kier molecular flexibility index (Phi) is 4.53. The van der Waals surface area contributed by atoms with E-state index in [1.54, 1.807) is 6.08 Å². The van der Waals surface area contributed by atoms with Gasteiger partial charge in [0, 0.05) is 6.08 Å². The SMILES string of the molecule is CC(C)/C=C/C=C\C#N. The largest absolute Gasteiger partial charge is 0.193 e. The number of rotatable bonds is 2. The third-order valence-corrected chi connectivity index (χ3v) is 0.778. The summed E-state index contributed by atoms with van der Waals surface area (Å²) >= 11 is 0. The first-order chi connectivity index (χ1) is 4.27. The Bertz CT molecular complexity index is 146. The van der Waals surface area contributed by atoms with Gasteiger partial charge in [-0.1, -0.05) is 32.1 Å². The molecule has 0 heterocycles. The van der Waals surface area contributed by atoms with Crippen molar-refractivity contribution < 1.29 is 0 Å². The Morgan fingerprint density at radius 1 is 1.33 bits per heavy atom. The van der Waals surface area contributed by atoms with Crippen LogP contribution < -0.4 is 0 Å². The minimum absolute atomic E-state index is 0.563. The highest BCUT2D eigenvalue weighted by Gasteiger charge is 1.78. The molecule has 0 saturated carbocycles. The summed E-state index contributed by atoms with van der Waals surface area (Å²) in [5.74, 6) is 0.563. The summed E-state index contributed by atoms with van der Waals surface area (Å²) < 4.78 is 0. The van der Waals surface area contributed by atoms with E-state index in [2.05, 4.69) is 13.8 Å². The normalized spacial score (nSPS) is 11.3. The van der Waals surface area contributed by atoms with E-state index in [9.17, 15) is 0 Å². The van der Waals surface area contributed by atoms with Crippen LogP contribution in [0, 0.1) is 17.2 Å². The fraction of sp³-hybridized carbons (Fsp3) is 0.375. The smallest absolute Gasteiger partial charge is 0.0912 e. The first-order valence-electron chi connectivity index (χ1n) is 3.00. The molecule has 0 aliphatic carbocycles. The van der Waals surface area contributed by atoms with Crippen molar-refractivity contribution in [2.75, 3.05) is 0 Å². The van der Waals surface area contributed by atoms with Crippen LogP contribution in [0.15, 0.2) is 24.3 Å². The zero-order valence-electron chi connectivity index (χ0n) is 5.83. The highest BCUT2D eigenvalue weighted by Crippen LogP contribution is 1.92. The Labute approximate surface area is 56.3 Å². The Balaban J connectivity index is 3.50. The molecule has 0 N–H and O–H groups in total. The van der Waals surface area contributed by atoms with Gasteiger partial charge in [0.25, 0.3) is 0 Å². The van der Waals surface area contributed by atoms with E-state index in [0.29, 0.717) is 5.92 Å². The van der Waals surface area contributed by atoms with E-state index in [1.807, 2.05) is 18.2 Å². The molecular weight excluding hydrogens is 110 g/mol. The molecule has 0 atom stereocenters. The number of nitriles is 1. The summed E-state index contributed by atoms with van der Waals surface area (Å²) in [5, 5.41) is 8.06. The Morgan fingerprint density at radius 3 is 2.44 bits per heavy atom. The molecule has 0 aromatic heterocycles. The van der Waals surface area contributed by atoms with Crippen molar-refractivity contribution in [3.63, 3.8) is 0 Å². The molecule has 0 aliphatic heterocycles. The number of allylic oxidation sites excluding steroid dienone is 4. The lowest BCUT2D eigenvalue weighted by molar-refractivity contribution is 0.832. The lowest BCUT2D eigenvalue weighted by Crippen LogP contribution is -1.74. The molecule has 0 fully saturated rings. The molecule has 0 bridgehead atoms. The van der Waals surface area contributed by atoms with Crippen molar-refractivity contribution in [3.05, 3.63) is 24.3 Å². The van der Waals surface area contributed by atoms with E-state index in [-0.39, 0.29) is 0 Å². The van der Waals surface area contributed by atoms with Crippen molar-refractivity contribution in [3.8, 4) is 6.07 Å². The quantitative estimate of drug-likeness (QED) is 0.406. The first-order valence-corrected chi connectivity index (χ1v) is 3.00. The van der Waals surface area contributed by atoms with Crippen LogP contribution in [0.1, 0.15) is 13.8 Å². The molecule has 48 valence electrons. The minimum Gasteiger partial charge on any atom is -0.193 e. The molecule has 1 heteroatoms. The fourth-order valence-electron chi connectivity index (χ4n) is 0.385. The highest BCUT2D eigenvalue weighted by atomic mass is 14.2. The molecule has 0 unspecified atom stereocenters. The lowest BCUT2D eigenvalue weighted by Gasteiger charge is -1.87. The van der Waals surface area contributed by atoms with Crippen LogP contribution in [-0.2, 0) is 0 Å². The van der Waals surface area contributed by atoms with Crippen LogP contribution in [0.5, 0.6) is 0 Å². The van der Waals surface area contributed by atoms with Gasteiger partial charge in [-0.25, -0.2) is 0 Å². The molecule has 0 aromatic carbocycles. The van der Waals surface area contributed by atoms with Gasteiger partial charge >= 0.3 is 0 Å². The zero-order valence-corrected chi connectivity index (χ0v) is 5.83. The molecule has 0 spiro atoms. The minimum atomic E-state index is 0.563. The van der Waals surface area contributed by atoms with E-state index < -0.39 is 0 Å². The maximum atomic E-state index is 8.06. The molecule has 9 heavy (non-hydrogen) atoms. The van der Waals surface area contributed by atoms with Gasteiger partial charge in [0.15, 0.2) is 0 Å². The summed E-state index contributed by atoms with van der Waals surface area (Å²) in [7, 11) is 0. The van der Waals surface area contributed by atoms with Crippen LogP contribution in [0.4, 0.5) is 0 Å². The zero-order chi connectivity index (χ0) is 7.11. The van der Waals surface area contributed by atoms with E-state index in [4.69, 9.17) is 5.26 Å². The molecular formula is C8H11N. The summed E-state index contributed by atoms with van der Waals surface area (Å²) in [4.78, 5) is 0. The topological polar surface area (TPSA) is 23.8 Å². The number of hydrogen-bond donors (Lipinski definition) is 0. The van der Waals surface area contributed by atoms with Gasteiger partial charge in [-0.05, 0) is 5.92 Å². The Morgan fingerprint density at radius 2 is 2.00 bits per heavy atom. The third-order valence-electron chi connectivity index (χ3n) is 0.778. The molecule has 0 aliphatic rings. The summed E-state index contributed by atoms with van der Waals surface area (Å²) in [6, 6.07) is 1.91. The van der Waals surface area contributed by atoms with Gasteiger partial charge in [-0.3, -0.25) is 0 Å². The van der Waals surface area contributed by atoms with Crippen molar-refractivity contribution in [2.24, 2.45) is 5.92 Å². The Hall–Kier alpha value is -1.03. The second-order valence-corrected chi connectivity index (χ2v) is 2.12. The van der Waals surface area contributed by atoms with Gasteiger partial charge in [0.1, 0.15) is 0 Å². The molecule has 0 amide bonds. The van der Waals surface area contributed by atoms with Gasteiger partial charge in [0.2, 0.25) is 0 Å². The average molecular weight is 121 g/mol. The third kappa shape index (κ3) is 6.97. The van der Waals surface area contributed by atoms with Crippen LogP contribution in [0.25, 0.3) is 0 Å². The second kappa shape index (κ2) is 5.11. The number of hydrogen-bond acceptors (Lipinski definition) is 1. The summed E-state index contributed by atoms with van der Waals surface area (Å²) in [5.41, 5.74) is 0. The highest BCUT2D eigenvalue weighted by molar-refractivity contribution is 5.11. The average Bonchev–Trinajstić information content (AvgIpc) is 1.80. The molecule has 1 nitrogen and oxygen atoms in total. The maximum Gasteiger partial charge on any atom is 0.0912 e. The molecule has 0 saturated heterocycles. The lowest BCUT2D eigenvalue weighted by atomic mass is 10.2. The van der Waals surface area contributed by atoms with Crippen molar-refractivity contribution in [1.82, 2.24) is 0 Å². The predicted octanol–water partition coefficient (Wildman–Crippen LogP) is 2.28. The summed E-state index contributed by atoms with van der Waals surface area (Å²) in [6.07, 6.45) is 7.11. The van der Waals surface area contributed by atoms with Crippen LogP contribution in [0.2, 0.25) is 0 Å². The predicted molar refractivity (Wildman–Crippen MR) is 38.7 cm³/mol. The standard InChI is InChI=1S/C8H11N/c1-8(2)6-4-3-5-7-9/h3-6,8H,1-2H3/b5-3-,6-4+. The van der Waals surface area contributed by atoms with E-state index in [0.717, 1.165) is 0 Å². The monoisotopic (exact) mass is 121 g/mol. The fourth-order valence-corrected chi connectivity index (χ4v) is 0.385. The van der Waals surface area contributed by atoms with E-state index in [1.165, 1.54) is 6.08 Å². The van der Waals surface area contributed by atoms with Crippen molar-refractivity contribution >= 4 is 0 Å². The van der Waals surface area contributed by atoms with Gasteiger partial charge < -0.3 is 0 Å². The first kappa shape index (κ1) is 7.97. The van der Waals surface area contributed by atoms with Gasteiger partial charge in [-0.2, -0.15) is 5.26 Å². The molecule has 0 aromatic rings. The van der Waals surface area contributed by atoms with Crippen molar-refractivity contribution in [1.29, 1.82) is 5.26 Å². The number of nitrogens with zero attached hydrogens (tertiary/aromatic N) is 1. The van der Waals surface area contributed by atoms with Gasteiger partial charge in [0.05, 0.1) is 6.07 Å². The summed E-state index contributed by atoms with van der Waals surface area (Å²) in [6.45, 7) is 4.19. The van der Waals surface area contributed by atoms with Crippen LogP contribution >= 0.6 is 0 Å². The van der Waals surface area contributed by atoms with Crippen LogP contribution in [-0.4, -0.2) is 0 Å².